The second kappa shape index (κ2) is 6.38. The molecule has 24 heavy (non-hydrogen) atoms. The van der Waals surface area contributed by atoms with Crippen LogP contribution >= 0.6 is 23.2 Å². The molecule has 0 saturated heterocycles. The van der Waals surface area contributed by atoms with Crippen LogP contribution < -0.4 is 4.74 Å². The number of ether oxygens (including phenoxy) is 1. The van der Waals surface area contributed by atoms with Gasteiger partial charge in [0.25, 0.3) is 0 Å². The van der Waals surface area contributed by atoms with Crippen molar-refractivity contribution in [2.24, 2.45) is 0 Å². The summed E-state index contributed by atoms with van der Waals surface area (Å²) in [5.74, 6) is 0.128. The minimum absolute atomic E-state index is 0.0585. The lowest BCUT2D eigenvalue weighted by Gasteiger charge is -2.13. The summed E-state index contributed by atoms with van der Waals surface area (Å²) in [6.07, 6.45) is 3.19. The lowest BCUT2D eigenvalue weighted by atomic mass is 10.0. The lowest BCUT2D eigenvalue weighted by molar-refractivity contribution is 0.103. The minimum atomic E-state index is -3.89. The van der Waals surface area contributed by atoms with Gasteiger partial charge in [0.05, 0.1) is 29.5 Å². The van der Waals surface area contributed by atoms with Gasteiger partial charge in [0.2, 0.25) is 5.78 Å². The van der Waals surface area contributed by atoms with Gasteiger partial charge in [-0.3, -0.25) is 4.79 Å². The number of alkyl halides is 1. The Morgan fingerprint density at radius 2 is 2.08 bits per heavy atom. The van der Waals surface area contributed by atoms with Crippen molar-refractivity contribution in [3.63, 3.8) is 0 Å². The third-order valence-electron chi connectivity index (χ3n) is 3.76. The number of nitrogens with zero attached hydrogens (tertiary/aromatic N) is 1. The van der Waals surface area contributed by atoms with Gasteiger partial charge in [-0.25, -0.2) is 8.42 Å². The van der Waals surface area contributed by atoms with Gasteiger partial charge in [0.15, 0.2) is 15.6 Å². The number of carbonyl (C=O) groups is 1. The SMILES string of the molecule is COc1c(C(=O)c2cnoc2C2CC2)ccc(Cl)c1S(=O)(=O)CCl. The number of hydrogen-bond donors (Lipinski definition) is 0. The van der Waals surface area contributed by atoms with Crippen molar-refractivity contribution < 1.29 is 22.5 Å². The Bertz CT molecular complexity index is 903. The summed E-state index contributed by atoms with van der Waals surface area (Å²) in [6.45, 7) is 0. The molecule has 1 saturated carbocycles. The van der Waals surface area contributed by atoms with Gasteiger partial charge in [0.1, 0.15) is 15.9 Å². The number of aromatic nitrogens is 1. The average Bonchev–Trinajstić information content (AvgIpc) is 3.30. The van der Waals surface area contributed by atoms with Crippen LogP contribution in [0.25, 0.3) is 0 Å². The topological polar surface area (TPSA) is 86.5 Å². The van der Waals surface area contributed by atoms with E-state index in [2.05, 4.69) is 5.16 Å². The molecule has 1 aromatic carbocycles. The highest BCUT2D eigenvalue weighted by Gasteiger charge is 2.34. The number of ketones is 1. The van der Waals surface area contributed by atoms with Gasteiger partial charge in [-0.2, -0.15) is 0 Å². The summed E-state index contributed by atoms with van der Waals surface area (Å²) >= 11 is 11.5. The largest absolute Gasteiger partial charge is 0.495 e. The van der Waals surface area contributed by atoms with Crippen molar-refractivity contribution in [1.29, 1.82) is 0 Å². The van der Waals surface area contributed by atoms with Crippen molar-refractivity contribution in [2.75, 3.05) is 12.3 Å². The zero-order valence-electron chi connectivity index (χ0n) is 12.6. The molecule has 0 radical (unpaired) electrons. The van der Waals surface area contributed by atoms with Crippen LogP contribution in [0.15, 0.2) is 27.7 Å². The Morgan fingerprint density at radius 1 is 1.38 bits per heavy atom. The fourth-order valence-corrected chi connectivity index (χ4v) is 4.25. The van der Waals surface area contributed by atoms with Crippen molar-refractivity contribution in [3.8, 4) is 5.75 Å². The predicted molar refractivity (Wildman–Crippen MR) is 87.8 cm³/mol. The van der Waals surface area contributed by atoms with E-state index in [4.69, 9.17) is 32.5 Å². The van der Waals surface area contributed by atoms with Gasteiger partial charge < -0.3 is 9.26 Å². The molecule has 0 amide bonds. The molecule has 1 aromatic heterocycles. The van der Waals surface area contributed by atoms with E-state index >= 15 is 0 Å². The second-order valence-corrected chi connectivity index (χ2v) is 8.31. The first-order valence-electron chi connectivity index (χ1n) is 7.05. The van der Waals surface area contributed by atoms with Crippen LogP contribution in [0.2, 0.25) is 5.02 Å². The monoisotopic (exact) mass is 389 g/mol. The lowest BCUT2D eigenvalue weighted by Crippen LogP contribution is -2.11. The van der Waals surface area contributed by atoms with Crippen molar-refractivity contribution >= 4 is 38.8 Å². The zero-order valence-corrected chi connectivity index (χ0v) is 14.9. The van der Waals surface area contributed by atoms with E-state index < -0.39 is 20.8 Å². The molecule has 0 bridgehead atoms. The predicted octanol–water partition coefficient (Wildman–Crippen LogP) is 3.42. The fourth-order valence-electron chi connectivity index (χ4n) is 2.47. The molecule has 0 atom stereocenters. The molecule has 1 aliphatic rings. The minimum Gasteiger partial charge on any atom is -0.495 e. The molecule has 0 unspecified atom stereocenters. The van der Waals surface area contributed by atoms with Crippen LogP contribution in [-0.2, 0) is 9.84 Å². The molecule has 6 nitrogen and oxygen atoms in total. The smallest absolute Gasteiger partial charge is 0.202 e. The normalized spacial score (nSPS) is 14.6. The van der Waals surface area contributed by atoms with E-state index in [1.807, 2.05) is 0 Å². The van der Waals surface area contributed by atoms with Crippen molar-refractivity contribution in [3.05, 3.63) is 40.2 Å². The first-order valence-corrected chi connectivity index (χ1v) is 9.61. The highest BCUT2D eigenvalue weighted by molar-refractivity contribution is 7.92. The molecule has 1 heterocycles. The Kier molecular flexibility index (Phi) is 4.59. The number of methoxy groups -OCH3 is 1. The molecular weight excluding hydrogens is 377 g/mol. The van der Waals surface area contributed by atoms with Crippen LogP contribution in [-0.4, -0.2) is 31.7 Å². The molecule has 3 rings (SSSR count). The molecule has 0 aliphatic heterocycles. The van der Waals surface area contributed by atoms with E-state index in [9.17, 15) is 13.2 Å². The summed E-state index contributed by atoms with van der Waals surface area (Å²) in [7, 11) is -2.62. The maximum absolute atomic E-state index is 12.9. The molecule has 1 fully saturated rings. The maximum Gasteiger partial charge on any atom is 0.202 e. The first-order chi connectivity index (χ1) is 11.4. The van der Waals surface area contributed by atoms with Crippen LogP contribution in [0.4, 0.5) is 0 Å². The van der Waals surface area contributed by atoms with E-state index in [0.29, 0.717) is 11.3 Å². The third-order valence-corrected chi connectivity index (χ3v) is 6.36. The second-order valence-electron chi connectivity index (χ2n) is 5.39. The molecule has 0 spiro atoms. The summed E-state index contributed by atoms with van der Waals surface area (Å²) in [5, 5.41) is 2.95. The Labute approximate surface area is 148 Å². The first kappa shape index (κ1) is 17.3. The van der Waals surface area contributed by atoms with Crippen LogP contribution in [0.1, 0.15) is 40.4 Å². The quantitative estimate of drug-likeness (QED) is 0.555. The summed E-state index contributed by atoms with van der Waals surface area (Å²) in [4.78, 5) is 12.6. The number of hydrogen-bond acceptors (Lipinski definition) is 6. The Hall–Kier alpha value is -1.57. The van der Waals surface area contributed by atoms with Crippen LogP contribution in [0, 0.1) is 0 Å². The number of carbonyl (C=O) groups excluding carboxylic acids is 1. The van der Waals surface area contributed by atoms with E-state index in [0.717, 1.165) is 12.8 Å². The van der Waals surface area contributed by atoms with Gasteiger partial charge in [-0.1, -0.05) is 16.8 Å². The average molecular weight is 390 g/mol. The Morgan fingerprint density at radius 3 is 2.67 bits per heavy atom. The molecule has 1 aliphatic carbocycles. The van der Waals surface area contributed by atoms with E-state index in [-0.39, 0.29) is 27.1 Å². The summed E-state index contributed by atoms with van der Waals surface area (Å²) in [6, 6.07) is 2.75. The highest BCUT2D eigenvalue weighted by atomic mass is 35.5. The van der Waals surface area contributed by atoms with Gasteiger partial charge in [-0.05, 0) is 25.0 Å². The van der Waals surface area contributed by atoms with Gasteiger partial charge >= 0.3 is 0 Å². The maximum atomic E-state index is 12.9. The van der Waals surface area contributed by atoms with Crippen molar-refractivity contribution in [1.82, 2.24) is 5.16 Å². The highest BCUT2D eigenvalue weighted by Crippen LogP contribution is 2.43. The molecule has 0 N–H and O–H groups in total. The van der Waals surface area contributed by atoms with E-state index in [1.54, 1.807) is 0 Å². The number of sulfone groups is 1. The number of rotatable bonds is 6. The third kappa shape index (κ3) is 2.92. The standard InChI is InChI=1S/C15H13Cl2NO5S/c1-22-14-9(4-5-11(17)15(14)24(20,21)7-16)12(19)10-6-18-23-13(10)8-2-3-8/h4-6,8H,2-3,7H2,1H3. The zero-order chi connectivity index (χ0) is 17.5. The van der Waals surface area contributed by atoms with Gasteiger partial charge in [-0.15, -0.1) is 11.6 Å². The van der Waals surface area contributed by atoms with Gasteiger partial charge in [0, 0.05) is 5.92 Å². The number of benzene rings is 1. The number of halogens is 2. The molecule has 9 heteroatoms. The van der Waals surface area contributed by atoms with E-state index in [1.165, 1.54) is 25.4 Å². The summed E-state index contributed by atoms with van der Waals surface area (Å²) < 4.78 is 34.8. The van der Waals surface area contributed by atoms with Crippen LogP contribution in [0.5, 0.6) is 5.75 Å². The Balaban J connectivity index is 2.16. The fraction of sp³-hybridized carbons (Fsp3) is 0.333. The van der Waals surface area contributed by atoms with Crippen molar-refractivity contribution in [2.45, 2.75) is 23.7 Å². The van der Waals surface area contributed by atoms with Crippen LogP contribution in [0.3, 0.4) is 0 Å². The molecule has 128 valence electrons. The molecular formula is C15H13Cl2NO5S. The molecule has 2 aromatic rings. The summed E-state index contributed by atoms with van der Waals surface area (Å²) in [5.41, 5.74) is 0.364.